The Morgan fingerprint density at radius 2 is 1.75 bits per heavy atom. The molecule has 1 N–H and O–H groups in total. The van der Waals surface area contributed by atoms with E-state index in [4.69, 9.17) is 11.6 Å². The van der Waals surface area contributed by atoms with Crippen molar-refractivity contribution in [3.05, 3.63) is 68.7 Å². The smallest absolute Gasteiger partial charge is 0.0845 e. The summed E-state index contributed by atoms with van der Waals surface area (Å²) in [6, 6.07) is 14.0. The van der Waals surface area contributed by atoms with Gasteiger partial charge in [-0.05, 0) is 39.0 Å². The van der Waals surface area contributed by atoms with Crippen molar-refractivity contribution in [1.29, 1.82) is 0 Å². The van der Waals surface area contributed by atoms with E-state index in [0.29, 0.717) is 17.4 Å². The summed E-state index contributed by atoms with van der Waals surface area (Å²) >= 11 is 9.60. The summed E-state index contributed by atoms with van der Waals surface area (Å²) in [6.45, 7) is 4.34. The maximum atomic E-state index is 10.4. The van der Waals surface area contributed by atoms with Gasteiger partial charge in [0.25, 0.3) is 0 Å². The quantitative estimate of drug-likeness (QED) is 0.769. The van der Waals surface area contributed by atoms with Crippen LogP contribution in [0.1, 0.15) is 42.6 Å². The molecular weight excluding hydrogens is 336 g/mol. The van der Waals surface area contributed by atoms with E-state index in [-0.39, 0.29) is 0 Å². The van der Waals surface area contributed by atoms with Crippen LogP contribution in [-0.2, 0) is 6.42 Å². The van der Waals surface area contributed by atoms with Crippen LogP contribution < -0.4 is 0 Å². The zero-order valence-electron chi connectivity index (χ0n) is 11.6. The average Bonchev–Trinajstić information content (AvgIpc) is 2.42. The molecular formula is C17H18BrClO. The van der Waals surface area contributed by atoms with E-state index >= 15 is 0 Å². The number of rotatable bonds is 4. The highest BCUT2D eigenvalue weighted by molar-refractivity contribution is 9.10. The number of aliphatic hydroxyl groups is 1. The van der Waals surface area contributed by atoms with Gasteiger partial charge in [-0.3, -0.25) is 0 Å². The van der Waals surface area contributed by atoms with Gasteiger partial charge in [-0.2, -0.15) is 0 Å². The van der Waals surface area contributed by atoms with Crippen molar-refractivity contribution >= 4 is 27.5 Å². The maximum Gasteiger partial charge on any atom is 0.0845 e. The SMILES string of the molecule is CC(C)c1ccc(CC(O)c2cccc(Br)c2Cl)cc1. The fourth-order valence-electron chi connectivity index (χ4n) is 2.15. The molecule has 2 rings (SSSR count). The van der Waals surface area contributed by atoms with Gasteiger partial charge in [0.1, 0.15) is 0 Å². The van der Waals surface area contributed by atoms with Crippen LogP contribution >= 0.6 is 27.5 Å². The van der Waals surface area contributed by atoms with E-state index in [1.807, 2.05) is 18.2 Å². The van der Waals surface area contributed by atoms with Crippen LogP contribution in [-0.4, -0.2) is 5.11 Å². The largest absolute Gasteiger partial charge is 0.388 e. The van der Waals surface area contributed by atoms with Crippen molar-refractivity contribution in [1.82, 2.24) is 0 Å². The minimum atomic E-state index is -0.593. The summed E-state index contributed by atoms with van der Waals surface area (Å²) in [6.07, 6.45) is -0.0286. The second-order valence-corrected chi connectivity index (χ2v) is 6.49. The normalized spacial score (nSPS) is 12.7. The predicted molar refractivity (Wildman–Crippen MR) is 88.3 cm³/mol. The van der Waals surface area contributed by atoms with E-state index in [1.54, 1.807) is 0 Å². The molecule has 3 heteroatoms. The van der Waals surface area contributed by atoms with Gasteiger partial charge in [0, 0.05) is 16.5 Å². The topological polar surface area (TPSA) is 20.2 Å². The molecule has 0 bridgehead atoms. The van der Waals surface area contributed by atoms with Gasteiger partial charge in [-0.25, -0.2) is 0 Å². The minimum absolute atomic E-state index is 0.522. The first-order valence-corrected chi connectivity index (χ1v) is 7.87. The van der Waals surface area contributed by atoms with Gasteiger partial charge in [0.15, 0.2) is 0 Å². The number of halogens is 2. The Balaban J connectivity index is 2.15. The molecule has 0 amide bonds. The highest BCUT2D eigenvalue weighted by Gasteiger charge is 2.14. The summed E-state index contributed by atoms with van der Waals surface area (Å²) in [5.41, 5.74) is 3.18. The van der Waals surface area contributed by atoms with Crippen molar-refractivity contribution in [3.8, 4) is 0 Å². The molecule has 0 aliphatic rings. The summed E-state index contributed by atoms with van der Waals surface area (Å²) in [5.74, 6) is 0.522. The van der Waals surface area contributed by atoms with Crippen molar-refractivity contribution in [2.24, 2.45) is 0 Å². The van der Waals surface area contributed by atoms with E-state index < -0.39 is 6.10 Å². The van der Waals surface area contributed by atoms with Gasteiger partial charge in [-0.1, -0.05) is 61.8 Å². The van der Waals surface area contributed by atoms with Crippen LogP contribution in [0.15, 0.2) is 46.9 Å². The first kappa shape index (κ1) is 15.6. The van der Waals surface area contributed by atoms with E-state index in [1.165, 1.54) is 5.56 Å². The van der Waals surface area contributed by atoms with Crippen LogP contribution in [0, 0.1) is 0 Å². The van der Waals surface area contributed by atoms with Crippen LogP contribution in [0.2, 0.25) is 5.02 Å². The first-order chi connectivity index (χ1) is 9.49. The fourth-order valence-corrected chi connectivity index (χ4v) is 2.78. The van der Waals surface area contributed by atoms with Crippen molar-refractivity contribution in [3.63, 3.8) is 0 Å². The standard InChI is InChI=1S/C17H18BrClO/c1-11(2)13-8-6-12(7-9-13)10-16(20)14-4-3-5-15(18)17(14)19/h3-9,11,16,20H,10H2,1-2H3. The van der Waals surface area contributed by atoms with E-state index in [0.717, 1.165) is 15.6 Å². The third-order valence-electron chi connectivity index (χ3n) is 3.42. The Morgan fingerprint density at radius 3 is 2.35 bits per heavy atom. The third kappa shape index (κ3) is 3.63. The molecule has 0 radical (unpaired) electrons. The molecule has 0 saturated heterocycles. The summed E-state index contributed by atoms with van der Waals surface area (Å²) in [7, 11) is 0. The van der Waals surface area contributed by atoms with Crippen molar-refractivity contribution < 1.29 is 5.11 Å². The molecule has 0 spiro atoms. The van der Waals surface area contributed by atoms with E-state index in [9.17, 15) is 5.11 Å². The highest BCUT2D eigenvalue weighted by Crippen LogP contribution is 2.31. The third-order valence-corrected chi connectivity index (χ3v) is 4.73. The van der Waals surface area contributed by atoms with E-state index in [2.05, 4.69) is 54.0 Å². The molecule has 1 atom stereocenters. The summed E-state index contributed by atoms with van der Waals surface area (Å²) < 4.78 is 0.811. The molecule has 0 aliphatic heterocycles. The van der Waals surface area contributed by atoms with Crippen LogP contribution in [0.4, 0.5) is 0 Å². The van der Waals surface area contributed by atoms with Gasteiger partial charge >= 0.3 is 0 Å². The zero-order valence-corrected chi connectivity index (χ0v) is 13.9. The summed E-state index contributed by atoms with van der Waals surface area (Å²) in [4.78, 5) is 0. The molecule has 0 saturated carbocycles. The molecule has 0 heterocycles. The highest BCUT2D eigenvalue weighted by atomic mass is 79.9. The van der Waals surface area contributed by atoms with Crippen molar-refractivity contribution in [2.45, 2.75) is 32.3 Å². The fraction of sp³-hybridized carbons (Fsp3) is 0.294. The molecule has 20 heavy (non-hydrogen) atoms. The molecule has 2 aromatic carbocycles. The Hall–Kier alpha value is -0.830. The Morgan fingerprint density at radius 1 is 1.10 bits per heavy atom. The lowest BCUT2D eigenvalue weighted by Crippen LogP contribution is -2.03. The lowest BCUT2D eigenvalue weighted by Gasteiger charge is -2.14. The molecule has 1 nitrogen and oxygen atoms in total. The van der Waals surface area contributed by atoms with Gasteiger partial charge < -0.3 is 5.11 Å². The Labute approximate surface area is 133 Å². The Bertz CT molecular complexity index is 578. The molecule has 0 aromatic heterocycles. The molecule has 1 unspecified atom stereocenters. The lowest BCUT2D eigenvalue weighted by molar-refractivity contribution is 0.178. The molecule has 0 fully saturated rings. The number of hydrogen-bond acceptors (Lipinski definition) is 1. The van der Waals surface area contributed by atoms with Crippen LogP contribution in [0.25, 0.3) is 0 Å². The maximum absolute atomic E-state index is 10.4. The van der Waals surface area contributed by atoms with Gasteiger partial charge in [0.2, 0.25) is 0 Å². The molecule has 0 aliphatic carbocycles. The van der Waals surface area contributed by atoms with Crippen LogP contribution in [0.3, 0.4) is 0 Å². The number of aliphatic hydroxyl groups excluding tert-OH is 1. The predicted octanol–water partition coefficient (Wildman–Crippen LogP) is 5.50. The Kier molecular flexibility index (Phi) is 5.25. The number of benzene rings is 2. The molecule has 106 valence electrons. The second kappa shape index (κ2) is 6.75. The monoisotopic (exact) mass is 352 g/mol. The van der Waals surface area contributed by atoms with Gasteiger partial charge in [0.05, 0.1) is 11.1 Å². The zero-order chi connectivity index (χ0) is 14.7. The first-order valence-electron chi connectivity index (χ1n) is 6.70. The second-order valence-electron chi connectivity index (χ2n) is 5.26. The molecule has 2 aromatic rings. The minimum Gasteiger partial charge on any atom is -0.388 e. The average molecular weight is 354 g/mol. The van der Waals surface area contributed by atoms with Gasteiger partial charge in [-0.15, -0.1) is 0 Å². The lowest BCUT2D eigenvalue weighted by atomic mass is 9.97. The summed E-state index contributed by atoms with van der Waals surface area (Å²) in [5, 5.41) is 10.9. The van der Waals surface area contributed by atoms with Crippen LogP contribution in [0.5, 0.6) is 0 Å². The van der Waals surface area contributed by atoms with Crippen molar-refractivity contribution in [2.75, 3.05) is 0 Å². The number of hydrogen-bond donors (Lipinski definition) is 1.